The third kappa shape index (κ3) is 2.72. The predicted octanol–water partition coefficient (Wildman–Crippen LogP) is 2.56. The second kappa shape index (κ2) is 4.23. The molecule has 1 aliphatic carbocycles. The zero-order valence-corrected chi connectivity index (χ0v) is 9.49. The molecule has 2 rings (SSSR count). The molecule has 15 heavy (non-hydrogen) atoms. The summed E-state index contributed by atoms with van der Waals surface area (Å²) in [6, 6.07) is 6.68. The second-order valence-corrected chi connectivity index (χ2v) is 4.64. The summed E-state index contributed by atoms with van der Waals surface area (Å²) in [5, 5.41) is 0. The van der Waals surface area contributed by atoms with Crippen molar-refractivity contribution < 1.29 is 4.74 Å². The molecule has 82 valence electrons. The summed E-state index contributed by atoms with van der Waals surface area (Å²) in [5.41, 5.74) is 8.37. The molecule has 1 aromatic carbocycles. The lowest BCUT2D eigenvalue weighted by atomic mass is 10.1. The fourth-order valence-corrected chi connectivity index (χ4v) is 2.27. The highest BCUT2D eigenvalue weighted by atomic mass is 16.5. The third-order valence-corrected chi connectivity index (χ3v) is 2.92. The van der Waals surface area contributed by atoms with Gasteiger partial charge in [0.2, 0.25) is 0 Å². The SMILES string of the molecule is Cc1cc(C)cc(OC2CCC(N)C2)c1. The Bertz CT molecular complexity index is 328. The first-order chi connectivity index (χ1) is 7.13. The van der Waals surface area contributed by atoms with Crippen LogP contribution in [0.15, 0.2) is 18.2 Å². The molecule has 2 nitrogen and oxygen atoms in total. The lowest BCUT2D eigenvalue weighted by Crippen LogP contribution is -2.19. The molecule has 0 spiro atoms. The van der Waals surface area contributed by atoms with E-state index in [1.165, 1.54) is 11.1 Å². The van der Waals surface area contributed by atoms with Crippen LogP contribution in [0, 0.1) is 13.8 Å². The molecular formula is C13H19NO. The minimum atomic E-state index is 0.321. The van der Waals surface area contributed by atoms with Gasteiger partial charge >= 0.3 is 0 Å². The van der Waals surface area contributed by atoms with Crippen molar-refractivity contribution in [2.24, 2.45) is 5.73 Å². The van der Waals surface area contributed by atoms with Crippen LogP contribution in [0.5, 0.6) is 5.75 Å². The molecule has 0 radical (unpaired) electrons. The molecule has 2 N–H and O–H groups in total. The highest BCUT2D eigenvalue weighted by Gasteiger charge is 2.23. The molecule has 0 amide bonds. The van der Waals surface area contributed by atoms with Gasteiger partial charge in [-0.15, -0.1) is 0 Å². The standard InChI is InChI=1S/C13H19NO/c1-9-5-10(2)7-13(6-9)15-12-4-3-11(14)8-12/h5-7,11-12H,3-4,8,14H2,1-2H3. The van der Waals surface area contributed by atoms with Gasteiger partial charge in [-0.3, -0.25) is 0 Å². The van der Waals surface area contributed by atoms with Crippen LogP contribution >= 0.6 is 0 Å². The van der Waals surface area contributed by atoms with Crippen molar-refractivity contribution in [1.29, 1.82) is 0 Å². The van der Waals surface area contributed by atoms with Crippen LogP contribution in [0.2, 0.25) is 0 Å². The fourth-order valence-electron chi connectivity index (χ4n) is 2.27. The summed E-state index contributed by atoms with van der Waals surface area (Å²) in [6.45, 7) is 4.19. The van der Waals surface area contributed by atoms with Gasteiger partial charge in [-0.1, -0.05) is 6.07 Å². The summed E-state index contributed by atoms with van der Waals surface area (Å²) in [7, 11) is 0. The molecule has 1 saturated carbocycles. The van der Waals surface area contributed by atoms with E-state index < -0.39 is 0 Å². The molecule has 0 bridgehead atoms. The Morgan fingerprint density at radius 2 is 1.80 bits per heavy atom. The maximum atomic E-state index is 5.93. The highest BCUT2D eigenvalue weighted by molar-refractivity contribution is 5.33. The average molecular weight is 205 g/mol. The highest BCUT2D eigenvalue weighted by Crippen LogP contribution is 2.25. The topological polar surface area (TPSA) is 35.2 Å². The van der Waals surface area contributed by atoms with Crippen LogP contribution in [0.4, 0.5) is 0 Å². The van der Waals surface area contributed by atoms with E-state index in [-0.39, 0.29) is 0 Å². The molecule has 0 heterocycles. The summed E-state index contributed by atoms with van der Waals surface area (Å²) in [4.78, 5) is 0. The van der Waals surface area contributed by atoms with Crippen molar-refractivity contribution in [3.8, 4) is 5.75 Å². The van der Waals surface area contributed by atoms with E-state index in [4.69, 9.17) is 10.5 Å². The van der Waals surface area contributed by atoms with Crippen molar-refractivity contribution in [3.05, 3.63) is 29.3 Å². The molecular weight excluding hydrogens is 186 g/mol. The van der Waals surface area contributed by atoms with E-state index in [9.17, 15) is 0 Å². The minimum absolute atomic E-state index is 0.321. The monoisotopic (exact) mass is 205 g/mol. The Morgan fingerprint density at radius 1 is 1.13 bits per heavy atom. The predicted molar refractivity (Wildman–Crippen MR) is 62.2 cm³/mol. The number of hydrogen-bond donors (Lipinski definition) is 1. The number of benzene rings is 1. The van der Waals surface area contributed by atoms with Crippen molar-refractivity contribution in [3.63, 3.8) is 0 Å². The maximum Gasteiger partial charge on any atom is 0.120 e. The Kier molecular flexibility index (Phi) is 2.96. The summed E-state index contributed by atoms with van der Waals surface area (Å²) in [5.74, 6) is 0.992. The van der Waals surface area contributed by atoms with Gasteiger partial charge in [-0.2, -0.15) is 0 Å². The van der Waals surface area contributed by atoms with Gasteiger partial charge in [0.05, 0.1) is 0 Å². The third-order valence-electron chi connectivity index (χ3n) is 2.92. The van der Waals surface area contributed by atoms with E-state index in [2.05, 4.69) is 32.0 Å². The van der Waals surface area contributed by atoms with E-state index in [0.717, 1.165) is 25.0 Å². The molecule has 0 aliphatic heterocycles. The van der Waals surface area contributed by atoms with Gasteiger partial charge in [-0.05, 0) is 56.4 Å². The van der Waals surface area contributed by atoms with Gasteiger partial charge in [0.1, 0.15) is 11.9 Å². The number of aryl methyl sites for hydroxylation is 2. The van der Waals surface area contributed by atoms with Crippen molar-refractivity contribution in [2.75, 3.05) is 0 Å². The number of nitrogens with two attached hydrogens (primary N) is 1. The smallest absolute Gasteiger partial charge is 0.120 e. The van der Waals surface area contributed by atoms with Gasteiger partial charge in [-0.25, -0.2) is 0 Å². The van der Waals surface area contributed by atoms with Gasteiger partial charge in [0.25, 0.3) is 0 Å². The lowest BCUT2D eigenvalue weighted by molar-refractivity contribution is 0.208. The number of ether oxygens (including phenoxy) is 1. The largest absolute Gasteiger partial charge is 0.490 e. The van der Waals surface area contributed by atoms with Crippen LogP contribution < -0.4 is 10.5 Å². The van der Waals surface area contributed by atoms with Gasteiger partial charge in [0.15, 0.2) is 0 Å². The average Bonchev–Trinajstić information content (AvgIpc) is 2.49. The van der Waals surface area contributed by atoms with E-state index >= 15 is 0 Å². The first-order valence-corrected chi connectivity index (χ1v) is 5.64. The minimum Gasteiger partial charge on any atom is -0.490 e. The normalized spacial score (nSPS) is 25.5. The molecule has 0 saturated heterocycles. The van der Waals surface area contributed by atoms with Crippen LogP contribution in [0.3, 0.4) is 0 Å². The zero-order valence-electron chi connectivity index (χ0n) is 9.49. The number of rotatable bonds is 2. The van der Waals surface area contributed by atoms with Crippen molar-refractivity contribution in [2.45, 2.75) is 45.3 Å². The molecule has 2 heteroatoms. The zero-order chi connectivity index (χ0) is 10.8. The molecule has 1 fully saturated rings. The first kappa shape index (κ1) is 10.5. The van der Waals surface area contributed by atoms with Crippen LogP contribution in [-0.2, 0) is 0 Å². The maximum absolute atomic E-state index is 5.93. The van der Waals surface area contributed by atoms with Gasteiger partial charge in [0, 0.05) is 6.04 Å². The lowest BCUT2D eigenvalue weighted by Gasteiger charge is -2.14. The Morgan fingerprint density at radius 3 is 2.33 bits per heavy atom. The molecule has 1 aliphatic rings. The van der Waals surface area contributed by atoms with E-state index in [0.29, 0.717) is 12.1 Å². The quantitative estimate of drug-likeness (QED) is 0.805. The van der Waals surface area contributed by atoms with Crippen molar-refractivity contribution >= 4 is 0 Å². The molecule has 1 aromatic rings. The molecule has 2 unspecified atom stereocenters. The van der Waals surface area contributed by atoms with Gasteiger partial charge < -0.3 is 10.5 Å². The fraction of sp³-hybridized carbons (Fsp3) is 0.538. The van der Waals surface area contributed by atoms with Crippen LogP contribution in [0.1, 0.15) is 30.4 Å². The second-order valence-electron chi connectivity index (χ2n) is 4.64. The number of hydrogen-bond acceptors (Lipinski definition) is 2. The Balaban J connectivity index is 2.04. The van der Waals surface area contributed by atoms with Crippen LogP contribution in [-0.4, -0.2) is 12.1 Å². The molecule has 0 aromatic heterocycles. The molecule has 2 atom stereocenters. The van der Waals surface area contributed by atoms with E-state index in [1.54, 1.807) is 0 Å². The Hall–Kier alpha value is -1.02. The summed E-state index contributed by atoms with van der Waals surface area (Å²) in [6.07, 6.45) is 3.50. The summed E-state index contributed by atoms with van der Waals surface area (Å²) < 4.78 is 5.93. The summed E-state index contributed by atoms with van der Waals surface area (Å²) >= 11 is 0. The first-order valence-electron chi connectivity index (χ1n) is 5.64. The van der Waals surface area contributed by atoms with E-state index in [1.807, 2.05) is 0 Å². The van der Waals surface area contributed by atoms with Crippen LogP contribution in [0.25, 0.3) is 0 Å². The Labute approximate surface area is 91.4 Å². The van der Waals surface area contributed by atoms with Crippen molar-refractivity contribution in [1.82, 2.24) is 0 Å².